The van der Waals surface area contributed by atoms with E-state index in [2.05, 4.69) is 26.0 Å². The van der Waals surface area contributed by atoms with Crippen molar-refractivity contribution in [2.45, 2.75) is 17.9 Å². The predicted molar refractivity (Wildman–Crippen MR) is 68.0 cm³/mol. The molecule has 1 atom stereocenters. The Morgan fingerprint density at radius 3 is 2.29 bits per heavy atom. The summed E-state index contributed by atoms with van der Waals surface area (Å²) in [5.41, 5.74) is 0. The van der Waals surface area contributed by atoms with Crippen LogP contribution in [-0.2, 0) is 14.8 Å². The van der Waals surface area contributed by atoms with Crippen LogP contribution in [0.3, 0.4) is 0 Å². The summed E-state index contributed by atoms with van der Waals surface area (Å²) in [5, 5.41) is 2.37. The fourth-order valence-corrected chi connectivity index (χ4v) is 2.65. The van der Waals surface area contributed by atoms with Crippen LogP contribution < -0.4 is 10.0 Å². The van der Waals surface area contributed by atoms with E-state index in [1.54, 1.807) is 12.1 Å². The highest BCUT2D eigenvalue weighted by molar-refractivity contribution is 9.10. The van der Waals surface area contributed by atoms with Crippen LogP contribution in [-0.4, -0.2) is 27.4 Å². The third-order valence-corrected chi connectivity index (χ3v) is 4.18. The predicted octanol–water partition coefficient (Wildman–Crippen LogP) is 0.862. The molecule has 0 saturated carbocycles. The molecule has 0 aromatic heterocycles. The fourth-order valence-electron chi connectivity index (χ4n) is 1.18. The molecule has 0 spiro atoms. The Morgan fingerprint density at radius 1 is 1.29 bits per heavy atom. The van der Waals surface area contributed by atoms with E-state index in [1.165, 1.54) is 26.1 Å². The summed E-state index contributed by atoms with van der Waals surface area (Å²) in [6, 6.07) is 5.36. The number of nitrogens with one attached hydrogen (secondary N) is 2. The van der Waals surface area contributed by atoms with Crippen molar-refractivity contribution in [1.82, 2.24) is 10.0 Å². The van der Waals surface area contributed by atoms with Gasteiger partial charge in [-0.3, -0.25) is 4.79 Å². The number of hydrogen-bond acceptors (Lipinski definition) is 3. The van der Waals surface area contributed by atoms with E-state index in [9.17, 15) is 13.2 Å². The molecular formula is C10H13BrN2O3S. The average Bonchev–Trinajstić information content (AvgIpc) is 2.27. The quantitative estimate of drug-likeness (QED) is 0.864. The molecule has 0 heterocycles. The van der Waals surface area contributed by atoms with Gasteiger partial charge in [-0.15, -0.1) is 0 Å². The smallest absolute Gasteiger partial charge is 0.241 e. The third-order valence-electron chi connectivity index (χ3n) is 2.10. The standard InChI is InChI=1S/C10H13BrN2O3S/c1-7(10(14)12-2)13-17(15,16)9-5-3-8(11)4-6-9/h3-7,13H,1-2H3,(H,12,14)/t7-/m0/s1. The van der Waals surface area contributed by atoms with Crippen LogP contribution in [0.2, 0.25) is 0 Å². The highest BCUT2D eigenvalue weighted by atomic mass is 79.9. The van der Waals surface area contributed by atoms with Gasteiger partial charge in [-0.25, -0.2) is 8.42 Å². The van der Waals surface area contributed by atoms with Crippen LogP contribution in [0.5, 0.6) is 0 Å². The van der Waals surface area contributed by atoms with Gasteiger partial charge in [0.2, 0.25) is 15.9 Å². The Balaban J connectivity index is 2.89. The normalized spacial score (nSPS) is 13.1. The van der Waals surface area contributed by atoms with Crippen LogP contribution >= 0.6 is 15.9 Å². The second-order valence-corrected chi connectivity index (χ2v) is 6.04. The lowest BCUT2D eigenvalue weighted by molar-refractivity contribution is -0.121. The summed E-state index contributed by atoms with van der Waals surface area (Å²) in [5.74, 6) is -0.384. The van der Waals surface area contributed by atoms with Crippen LogP contribution in [0.4, 0.5) is 0 Å². The Kier molecular flexibility index (Phi) is 4.67. The lowest BCUT2D eigenvalue weighted by Gasteiger charge is -2.12. The second-order valence-electron chi connectivity index (χ2n) is 3.41. The Labute approximate surface area is 109 Å². The maximum atomic E-state index is 11.9. The first-order chi connectivity index (χ1) is 7.86. The van der Waals surface area contributed by atoms with Gasteiger partial charge in [0.1, 0.15) is 0 Å². The average molecular weight is 321 g/mol. The lowest BCUT2D eigenvalue weighted by atomic mass is 10.3. The Morgan fingerprint density at radius 2 is 1.82 bits per heavy atom. The second kappa shape index (κ2) is 5.61. The van der Waals surface area contributed by atoms with E-state index in [0.29, 0.717) is 0 Å². The van der Waals surface area contributed by atoms with Gasteiger partial charge in [0, 0.05) is 11.5 Å². The van der Waals surface area contributed by atoms with Gasteiger partial charge < -0.3 is 5.32 Å². The highest BCUT2D eigenvalue weighted by Crippen LogP contribution is 2.14. The molecule has 0 bridgehead atoms. The molecule has 0 fully saturated rings. The van der Waals surface area contributed by atoms with E-state index in [0.717, 1.165) is 4.47 Å². The number of hydrogen-bond donors (Lipinski definition) is 2. The topological polar surface area (TPSA) is 75.3 Å². The van der Waals surface area contributed by atoms with Gasteiger partial charge in [-0.05, 0) is 31.2 Å². The molecule has 1 amide bonds. The van der Waals surface area contributed by atoms with Crippen molar-refractivity contribution in [3.63, 3.8) is 0 Å². The zero-order chi connectivity index (χ0) is 13.1. The first-order valence-electron chi connectivity index (χ1n) is 4.86. The minimum absolute atomic E-state index is 0.122. The number of amides is 1. The van der Waals surface area contributed by atoms with Crippen LogP contribution in [0.15, 0.2) is 33.6 Å². The molecule has 0 unspecified atom stereocenters. The van der Waals surface area contributed by atoms with Gasteiger partial charge in [-0.1, -0.05) is 15.9 Å². The van der Waals surface area contributed by atoms with Gasteiger partial charge in [-0.2, -0.15) is 4.72 Å². The molecule has 94 valence electrons. The van der Waals surface area contributed by atoms with Crippen LogP contribution in [0, 0.1) is 0 Å². The zero-order valence-corrected chi connectivity index (χ0v) is 11.8. The molecule has 1 aromatic carbocycles. The van der Waals surface area contributed by atoms with Crippen molar-refractivity contribution in [2.24, 2.45) is 0 Å². The summed E-state index contributed by atoms with van der Waals surface area (Å²) in [7, 11) is -2.21. The molecular weight excluding hydrogens is 308 g/mol. The first-order valence-corrected chi connectivity index (χ1v) is 7.14. The Bertz CT molecular complexity index is 499. The zero-order valence-electron chi connectivity index (χ0n) is 9.40. The summed E-state index contributed by atoms with van der Waals surface area (Å²) in [6.45, 7) is 1.48. The molecule has 0 saturated heterocycles. The third kappa shape index (κ3) is 3.79. The maximum Gasteiger partial charge on any atom is 0.241 e. The monoisotopic (exact) mass is 320 g/mol. The summed E-state index contributed by atoms with van der Waals surface area (Å²) < 4.78 is 26.8. The number of likely N-dealkylation sites (N-methyl/N-ethyl adjacent to an activating group) is 1. The number of sulfonamides is 1. The number of halogens is 1. The number of benzene rings is 1. The summed E-state index contributed by atoms with van der Waals surface area (Å²) >= 11 is 3.22. The first kappa shape index (κ1) is 14.1. The highest BCUT2D eigenvalue weighted by Gasteiger charge is 2.20. The Hall–Kier alpha value is -0.920. The minimum Gasteiger partial charge on any atom is -0.358 e. The number of rotatable bonds is 4. The molecule has 0 aliphatic rings. The van der Waals surface area contributed by atoms with Gasteiger partial charge in [0.15, 0.2) is 0 Å². The molecule has 0 aliphatic carbocycles. The summed E-state index contributed by atoms with van der Waals surface area (Å²) in [6.07, 6.45) is 0. The van der Waals surface area contributed by atoms with Crippen molar-refractivity contribution in [1.29, 1.82) is 0 Å². The van der Waals surface area contributed by atoms with Crippen molar-refractivity contribution in [3.8, 4) is 0 Å². The maximum absolute atomic E-state index is 11.9. The molecule has 0 aliphatic heterocycles. The van der Waals surface area contributed by atoms with E-state index in [-0.39, 0.29) is 10.8 Å². The SMILES string of the molecule is CNC(=O)[C@H](C)NS(=O)(=O)c1ccc(Br)cc1. The summed E-state index contributed by atoms with van der Waals surface area (Å²) in [4.78, 5) is 11.4. The molecule has 7 heteroatoms. The van der Waals surface area contributed by atoms with Crippen molar-refractivity contribution in [2.75, 3.05) is 7.05 Å². The molecule has 2 N–H and O–H groups in total. The van der Waals surface area contributed by atoms with Crippen molar-refractivity contribution >= 4 is 31.9 Å². The molecule has 1 rings (SSSR count). The molecule has 5 nitrogen and oxygen atoms in total. The van der Waals surface area contributed by atoms with Crippen molar-refractivity contribution < 1.29 is 13.2 Å². The molecule has 0 radical (unpaired) electrons. The van der Waals surface area contributed by atoms with E-state index in [4.69, 9.17) is 0 Å². The van der Waals surface area contributed by atoms with Crippen LogP contribution in [0.1, 0.15) is 6.92 Å². The molecule has 1 aromatic rings. The fraction of sp³-hybridized carbons (Fsp3) is 0.300. The van der Waals surface area contributed by atoms with E-state index < -0.39 is 16.1 Å². The van der Waals surface area contributed by atoms with Gasteiger partial charge >= 0.3 is 0 Å². The van der Waals surface area contributed by atoms with Gasteiger partial charge in [0.25, 0.3) is 0 Å². The van der Waals surface area contributed by atoms with Crippen molar-refractivity contribution in [3.05, 3.63) is 28.7 Å². The van der Waals surface area contributed by atoms with E-state index >= 15 is 0 Å². The minimum atomic E-state index is -3.66. The van der Waals surface area contributed by atoms with Crippen LogP contribution in [0.25, 0.3) is 0 Å². The lowest BCUT2D eigenvalue weighted by Crippen LogP contribution is -2.43. The largest absolute Gasteiger partial charge is 0.358 e. The number of carbonyl (C=O) groups excluding carboxylic acids is 1. The number of carbonyl (C=O) groups is 1. The van der Waals surface area contributed by atoms with E-state index in [1.807, 2.05) is 0 Å². The van der Waals surface area contributed by atoms with Gasteiger partial charge in [0.05, 0.1) is 10.9 Å². The molecule has 17 heavy (non-hydrogen) atoms.